The monoisotopic (exact) mass is 384 g/mol. The van der Waals surface area contributed by atoms with Gasteiger partial charge >= 0.3 is 0 Å². The van der Waals surface area contributed by atoms with Crippen molar-refractivity contribution in [1.82, 2.24) is 5.43 Å². The van der Waals surface area contributed by atoms with E-state index in [1.54, 1.807) is 7.11 Å². The molecule has 0 saturated heterocycles. The van der Waals surface area contributed by atoms with Crippen LogP contribution in [-0.4, -0.2) is 7.11 Å². The predicted molar refractivity (Wildman–Crippen MR) is 84.0 cm³/mol. The van der Waals surface area contributed by atoms with E-state index in [1.807, 2.05) is 42.5 Å². The van der Waals surface area contributed by atoms with Crippen molar-refractivity contribution in [2.75, 3.05) is 7.11 Å². The van der Waals surface area contributed by atoms with Crippen molar-refractivity contribution in [2.45, 2.75) is 6.04 Å². The number of ether oxygens (including phenoxy) is 1. The zero-order valence-corrected chi connectivity index (χ0v) is 13.5. The average Bonchev–Trinajstić information content (AvgIpc) is 2.39. The average molecular weight is 386 g/mol. The Morgan fingerprint density at radius 3 is 2.05 bits per heavy atom. The molecule has 1 unspecified atom stereocenters. The van der Waals surface area contributed by atoms with Gasteiger partial charge in [0.2, 0.25) is 0 Å². The van der Waals surface area contributed by atoms with Gasteiger partial charge in [-0.05, 0) is 41.5 Å². The molecule has 0 fully saturated rings. The quantitative estimate of drug-likeness (QED) is 0.622. The van der Waals surface area contributed by atoms with Crippen molar-refractivity contribution in [3.63, 3.8) is 0 Å². The highest BCUT2D eigenvalue weighted by Gasteiger charge is 2.13. The number of nitrogens with two attached hydrogens (primary N) is 1. The van der Waals surface area contributed by atoms with Crippen molar-refractivity contribution < 1.29 is 4.74 Å². The normalized spacial score (nSPS) is 12.2. The maximum Gasteiger partial charge on any atom is 0.118 e. The third-order valence-electron chi connectivity index (χ3n) is 2.83. The summed E-state index contributed by atoms with van der Waals surface area (Å²) in [5.41, 5.74) is 5.00. The zero-order valence-electron chi connectivity index (χ0n) is 10.4. The van der Waals surface area contributed by atoms with E-state index in [9.17, 15) is 0 Å². The molecule has 2 rings (SSSR count). The van der Waals surface area contributed by atoms with Crippen molar-refractivity contribution >= 4 is 31.9 Å². The van der Waals surface area contributed by atoms with E-state index in [0.717, 1.165) is 25.8 Å². The van der Waals surface area contributed by atoms with Crippen LogP contribution in [0.4, 0.5) is 0 Å². The first-order chi connectivity index (χ1) is 9.13. The molecule has 0 saturated carbocycles. The molecule has 1 atom stereocenters. The first-order valence-corrected chi connectivity index (χ1v) is 7.28. The van der Waals surface area contributed by atoms with E-state index in [0.29, 0.717) is 0 Å². The zero-order chi connectivity index (χ0) is 13.8. The number of rotatable bonds is 4. The SMILES string of the molecule is COc1ccc(C(NN)c2cc(Br)cc(Br)c2)cc1. The topological polar surface area (TPSA) is 47.3 Å². The second-order valence-corrected chi connectivity index (χ2v) is 5.91. The van der Waals surface area contributed by atoms with E-state index in [-0.39, 0.29) is 6.04 Å². The maximum atomic E-state index is 5.70. The molecule has 0 aliphatic heterocycles. The molecule has 0 heterocycles. The van der Waals surface area contributed by atoms with Crippen LogP contribution in [0, 0.1) is 0 Å². The molecule has 0 amide bonds. The summed E-state index contributed by atoms with van der Waals surface area (Å²) in [6, 6.07) is 13.8. The summed E-state index contributed by atoms with van der Waals surface area (Å²) in [5, 5.41) is 0. The fourth-order valence-electron chi connectivity index (χ4n) is 1.92. The third kappa shape index (κ3) is 3.57. The van der Waals surface area contributed by atoms with Gasteiger partial charge < -0.3 is 4.74 Å². The second kappa shape index (κ2) is 6.52. The molecule has 0 aliphatic rings. The Bertz CT molecular complexity index is 538. The molecule has 0 radical (unpaired) electrons. The van der Waals surface area contributed by atoms with Crippen LogP contribution >= 0.6 is 31.9 Å². The number of hydrazine groups is 1. The number of halogens is 2. The summed E-state index contributed by atoms with van der Waals surface area (Å²) in [5.74, 6) is 6.52. The number of hydrogen-bond donors (Lipinski definition) is 2. The van der Waals surface area contributed by atoms with E-state index >= 15 is 0 Å². The summed E-state index contributed by atoms with van der Waals surface area (Å²) in [6.07, 6.45) is 0. The van der Waals surface area contributed by atoms with Crippen LogP contribution in [0.1, 0.15) is 17.2 Å². The molecule has 3 N–H and O–H groups in total. The van der Waals surface area contributed by atoms with Gasteiger partial charge in [-0.3, -0.25) is 5.84 Å². The molecule has 2 aromatic rings. The minimum absolute atomic E-state index is 0.0697. The van der Waals surface area contributed by atoms with Gasteiger partial charge in [0.15, 0.2) is 0 Å². The van der Waals surface area contributed by atoms with E-state index < -0.39 is 0 Å². The standard InChI is InChI=1S/C14H14Br2N2O/c1-19-13-4-2-9(3-5-13)14(18-17)10-6-11(15)8-12(16)7-10/h2-8,14,18H,17H2,1H3. The number of benzene rings is 2. The van der Waals surface area contributed by atoms with Crippen molar-refractivity contribution in [3.05, 3.63) is 62.5 Å². The van der Waals surface area contributed by atoms with Crippen LogP contribution < -0.4 is 16.0 Å². The smallest absolute Gasteiger partial charge is 0.118 e. The molecular formula is C14H14Br2N2O. The molecule has 3 nitrogen and oxygen atoms in total. The van der Waals surface area contributed by atoms with Crippen LogP contribution in [0.15, 0.2) is 51.4 Å². The molecule has 0 spiro atoms. The molecule has 0 aromatic heterocycles. The van der Waals surface area contributed by atoms with Gasteiger partial charge in [0.1, 0.15) is 5.75 Å². The Balaban J connectivity index is 2.37. The number of methoxy groups -OCH3 is 1. The number of hydrogen-bond acceptors (Lipinski definition) is 3. The van der Waals surface area contributed by atoms with Crippen LogP contribution in [-0.2, 0) is 0 Å². The first-order valence-electron chi connectivity index (χ1n) is 5.70. The molecule has 2 aromatic carbocycles. The van der Waals surface area contributed by atoms with Crippen molar-refractivity contribution in [1.29, 1.82) is 0 Å². The molecule has 19 heavy (non-hydrogen) atoms. The molecule has 0 bridgehead atoms. The lowest BCUT2D eigenvalue weighted by molar-refractivity contribution is 0.414. The lowest BCUT2D eigenvalue weighted by atomic mass is 9.99. The Hall–Kier alpha value is -0.880. The maximum absolute atomic E-state index is 5.70. The fourth-order valence-corrected chi connectivity index (χ4v) is 3.25. The second-order valence-electron chi connectivity index (χ2n) is 4.08. The summed E-state index contributed by atoms with van der Waals surface area (Å²) in [7, 11) is 1.65. The van der Waals surface area contributed by atoms with Gasteiger partial charge in [0, 0.05) is 8.95 Å². The summed E-state index contributed by atoms with van der Waals surface area (Å²) >= 11 is 6.97. The lowest BCUT2D eigenvalue weighted by Crippen LogP contribution is -2.28. The van der Waals surface area contributed by atoms with Gasteiger partial charge in [-0.15, -0.1) is 0 Å². The van der Waals surface area contributed by atoms with Gasteiger partial charge in [0.25, 0.3) is 0 Å². The van der Waals surface area contributed by atoms with E-state index in [2.05, 4.69) is 37.3 Å². The highest BCUT2D eigenvalue weighted by Crippen LogP contribution is 2.28. The van der Waals surface area contributed by atoms with E-state index in [4.69, 9.17) is 10.6 Å². The van der Waals surface area contributed by atoms with Gasteiger partial charge in [-0.2, -0.15) is 0 Å². The van der Waals surface area contributed by atoms with Crippen LogP contribution in [0.3, 0.4) is 0 Å². The minimum atomic E-state index is -0.0697. The molecule has 0 aliphatic carbocycles. The molecule has 100 valence electrons. The summed E-state index contributed by atoms with van der Waals surface area (Å²) in [4.78, 5) is 0. The summed E-state index contributed by atoms with van der Waals surface area (Å²) in [6.45, 7) is 0. The Kier molecular flexibility index (Phi) is 4.99. The minimum Gasteiger partial charge on any atom is -0.497 e. The van der Waals surface area contributed by atoms with Crippen LogP contribution in [0.5, 0.6) is 5.75 Å². The fraction of sp³-hybridized carbons (Fsp3) is 0.143. The van der Waals surface area contributed by atoms with Crippen molar-refractivity contribution in [2.24, 2.45) is 5.84 Å². The molecular weight excluding hydrogens is 372 g/mol. The van der Waals surface area contributed by atoms with E-state index in [1.165, 1.54) is 0 Å². The van der Waals surface area contributed by atoms with Crippen LogP contribution in [0.2, 0.25) is 0 Å². The van der Waals surface area contributed by atoms with Crippen molar-refractivity contribution in [3.8, 4) is 5.75 Å². The number of nitrogens with one attached hydrogen (secondary N) is 1. The third-order valence-corrected chi connectivity index (χ3v) is 3.75. The van der Waals surface area contributed by atoms with Crippen LogP contribution in [0.25, 0.3) is 0 Å². The highest BCUT2D eigenvalue weighted by molar-refractivity contribution is 9.11. The predicted octanol–water partition coefficient (Wildman–Crippen LogP) is 3.77. The van der Waals surface area contributed by atoms with Gasteiger partial charge in [-0.25, -0.2) is 5.43 Å². The lowest BCUT2D eigenvalue weighted by Gasteiger charge is -2.18. The van der Waals surface area contributed by atoms with Gasteiger partial charge in [-0.1, -0.05) is 44.0 Å². The highest BCUT2D eigenvalue weighted by atomic mass is 79.9. The largest absolute Gasteiger partial charge is 0.497 e. The Morgan fingerprint density at radius 1 is 1.00 bits per heavy atom. The summed E-state index contributed by atoms with van der Waals surface area (Å²) < 4.78 is 7.17. The Labute approximate surface area is 129 Å². The van der Waals surface area contributed by atoms with Gasteiger partial charge in [0.05, 0.1) is 13.2 Å². The first kappa shape index (κ1) is 14.5. The Morgan fingerprint density at radius 2 is 1.58 bits per heavy atom. The molecule has 5 heteroatoms.